The van der Waals surface area contributed by atoms with Crippen molar-refractivity contribution >= 4 is 17.6 Å². The van der Waals surface area contributed by atoms with E-state index in [-0.39, 0.29) is 17.3 Å². The molecule has 2 aromatic rings. The first-order chi connectivity index (χ1) is 11.9. The van der Waals surface area contributed by atoms with Gasteiger partial charge in [0.25, 0.3) is 5.91 Å². The fourth-order valence-corrected chi connectivity index (χ4v) is 1.99. The van der Waals surface area contributed by atoms with E-state index >= 15 is 0 Å². The zero-order valence-electron chi connectivity index (χ0n) is 12.6. The topological polar surface area (TPSA) is 66.4 Å². The van der Waals surface area contributed by atoms with Crippen LogP contribution in [0.4, 0.5) is 32.0 Å². The Balaban J connectivity index is 2.37. The monoisotopic (exact) mass is 377 g/mol. The molecule has 0 radical (unpaired) electrons. The van der Waals surface area contributed by atoms with Gasteiger partial charge < -0.3 is 10.4 Å². The van der Waals surface area contributed by atoms with Gasteiger partial charge in [-0.15, -0.1) is 0 Å². The summed E-state index contributed by atoms with van der Waals surface area (Å²) in [5.74, 6) is -2.44. The van der Waals surface area contributed by atoms with Crippen molar-refractivity contribution in [3.05, 3.63) is 64.7 Å². The van der Waals surface area contributed by atoms with Crippen LogP contribution in [0.25, 0.3) is 0 Å². The molecule has 0 bridgehead atoms. The van der Waals surface area contributed by atoms with Crippen molar-refractivity contribution in [2.45, 2.75) is 12.4 Å². The second-order valence-corrected chi connectivity index (χ2v) is 5.13. The minimum Gasteiger partial charge on any atom is -0.478 e. The molecule has 0 atom stereocenters. The van der Waals surface area contributed by atoms with Crippen LogP contribution in [0.15, 0.2) is 42.5 Å². The average Bonchev–Trinajstić information content (AvgIpc) is 2.53. The van der Waals surface area contributed by atoms with Crippen LogP contribution in [0.2, 0.25) is 0 Å². The molecule has 0 aliphatic heterocycles. The molecule has 4 nitrogen and oxygen atoms in total. The van der Waals surface area contributed by atoms with Crippen molar-refractivity contribution in [2.24, 2.45) is 0 Å². The lowest BCUT2D eigenvalue weighted by molar-refractivity contribution is -0.143. The SMILES string of the molecule is O=C(O)c1ccc(NC(=O)c2cc(C(F)(F)F)cc(C(F)(F)F)c2)cc1. The number of rotatable bonds is 3. The Morgan fingerprint density at radius 1 is 0.769 bits per heavy atom. The first kappa shape index (κ1) is 19.3. The zero-order chi connectivity index (χ0) is 19.7. The van der Waals surface area contributed by atoms with Crippen molar-refractivity contribution in [3.8, 4) is 0 Å². The Labute approximate surface area is 142 Å². The molecule has 2 rings (SSSR count). The Morgan fingerprint density at radius 3 is 1.62 bits per heavy atom. The number of alkyl halides is 6. The van der Waals surface area contributed by atoms with Crippen LogP contribution >= 0.6 is 0 Å². The highest BCUT2D eigenvalue weighted by Crippen LogP contribution is 2.36. The Bertz CT molecular complexity index is 808. The quantitative estimate of drug-likeness (QED) is 0.764. The fourth-order valence-electron chi connectivity index (χ4n) is 1.99. The van der Waals surface area contributed by atoms with Gasteiger partial charge in [-0.1, -0.05) is 0 Å². The summed E-state index contributed by atoms with van der Waals surface area (Å²) in [5, 5.41) is 10.9. The third kappa shape index (κ3) is 4.52. The number of anilines is 1. The third-order valence-corrected chi connectivity index (χ3v) is 3.24. The minimum absolute atomic E-state index is 0.00553. The van der Waals surface area contributed by atoms with Crippen LogP contribution in [0.1, 0.15) is 31.8 Å². The van der Waals surface area contributed by atoms with E-state index < -0.39 is 40.9 Å². The highest BCUT2D eigenvalue weighted by Gasteiger charge is 2.37. The second kappa shape index (κ2) is 6.70. The number of aromatic carboxylic acids is 1. The molecule has 26 heavy (non-hydrogen) atoms. The molecule has 0 aliphatic rings. The molecule has 0 unspecified atom stereocenters. The molecule has 0 saturated carbocycles. The van der Waals surface area contributed by atoms with E-state index in [1.165, 1.54) is 0 Å². The number of benzene rings is 2. The average molecular weight is 377 g/mol. The van der Waals surface area contributed by atoms with Gasteiger partial charge in [0, 0.05) is 11.3 Å². The highest BCUT2D eigenvalue weighted by molar-refractivity contribution is 6.04. The van der Waals surface area contributed by atoms with Gasteiger partial charge >= 0.3 is 18.3 Å². The Hall–Kier alpha value is -3.04. The number of carboxylic acid groups (broad SMARTS) is 1. The number of halogens is 6. The van der Waals surface area contributed by atoms with Crippen LogP contribution in [0.3, 0.4) is 0 Å². The summed E-state index contributed by atoms with van der Waals surface area (Å²) in [4.78, 5) is 22.7. The van der Waals surface area contributed by atoms with Gasteiger partial charge in [0.1, 0.15) is 0 Å². The lowest BCUT2D eigenvalue weighted by Gasteiger charge is -2.14. The van der Waals surface area contributed by atoms with Crippen molar-refractivity contribution < 1.29 is 41.0 Å². The number of hydrogen-bond donors (Lipinski definition) is 2. The summed E-state index contributed by atoms with van der Waals surface area (Å²) < 4.78 is 76.8. The molecule has 0 heterocycles. The van der Waals surface area contributed by atoms with Crippen LogP contribution in [-0.2, 0) is 12.4 Å². The molecule has 1 amide bonds. The summed E-state index contributed by atoms with van der Waals surface area (Å²) in [6.45, 7) is 0. The van der Waals surface area contributed by atoms with E-state index in [2.05, 4.69) is 5.32 Å². The maximum Gasteiger partial charge on any atom is 0.416 e. The molecule has 0 aromatic heterocycles. The summed E-state index contributed by atoms with van der Waals surface area (Å²) in [6, 6.07) is 5.06. The third-order valence-electron chi connectivity index (χ3n) is 3.24. The molecular formula is C16H9F6NO3. The molecule has 138 valence electrons. The minimum atomic E-state index is -5.07. The fraction of sp³-hybridized carbons (Fsp3) is 0.125. The molecule has 10 heteroatoms. The van der Waals surface area contributed by atoms with Gasteiger partial charge in [0.05, 0.1) is 16.7 Å². The summed E-state index contributed by atoms with van der Waals surface area (Å²) in [7, 11) is 0. The van der Waals surface area contributed by atoms with Gasteiger partial charge in [-0.2, -0.15) is 26.3 Å². The Morgan fingerprint density at radius 2 is 1.23 bits per heavy atom. The summed E-state index contributed by atoms with van der Waals surface area (Å²) in [5.41, 5.74) is -4.17. The molecule has 2 aromatic carbocycles. The number of amides is 1. The molecular weight excluding hydrogens is 368 g/mol. The molecule has 0 spiro atoms. The number of carbonyl (C=O) groups is 2. The smallest absolute Gasteiger partial charge is 0.416 e. The molecule has 2 N–H and O–H groups in total. The van der Waals surface area contributed by atoms with Gasteiger partial charge in [-0.25, -0.2) is 4.79 Å². The van der Waals surface area contributed by atoms with Gasteiger partial charge in [-0.3, -0.25) is 4.79 Å². The largest absolute Gasteiger partial charge is 0.478 e. The van der Waals surface area contributed by atoms with E-state index in [1.807, 2.05) is 0 Å². The molecule has 0 saturated heterocycles. The second-order valence-electron chi connectivity index (χ2n) is 5.13. The van der Waals surface area contributed by atoms with Crippen LogP contribution < -0.4 is 5.32 Å². The predicted molar refractivity (Wildman–Crippen MR) is 77.8 cm³/mol. The summed E-state index contributed by atoms with van der Waals surface area (Å²) in [6.07, 6.45) is -10.1. The maximum atomic E-state index is 12.8. The van der Waals surface area contributed by atoms with E-state index in [9.17, 15) is 35.9 Å². The van der Waals surface area contributed by atoms with E-state index in [4.69, 9.17) is 5.11 Å². The van der Waals surface area contributed by atoms with Gasteiger partial charge in [0.2, 0.25) is 0 Å². The lowest BCUT2D eigenvalue weighted by Crippen LogP contribution is -2.17. The van der Waals surface area contributed by atoms with E-state index in [0.29, 0.717) is 12.1 Å². The first-order valence-corrected chi connectivity index (χ1v) is 6.82. The van der Waals surface area contributed by atoms with Crippen LogP contribution in [0, 0.1) is 0 Å². The van der Waals surface area contributed by atoms with Crippen LogP contribution in [-0.4, -0.2) is 17.0 Å². The number of carboxylic acids is 1. The van der Waals surface area contributed by atoms with Crippen molar-refractivity contribution in [1.29, 1.82) is 0 Å². The number of nitrogens with one attached hydrogen (secondary N) is 1. The number of carbonyl (C=O) groups excluding carboxylic acids is 1. The number of hydrogen-bond acceptors (Lipinski definition) is 2. The van der Waals surface area contributed by atoms with Crippen LogP contribution in [0.5, 0.6) is 0 Å². The van der Waals surface area contributed by atoms with E-state index in [1.54, 1.807) is 0 Å². The van der Waals surface area contributed by atoms with Gasteiger partial charge in [0.15, 0.2) is 0 Å². The van der Waals surface area contributed by atoms with Crippen molar-refractivity contribution in [1.82, 2.24) is 0 Å². The van der Waals surface area contributed by atoms with Crippen molar-refractivity contribution in [3.63, 3.8) is 0 Å². The van der Waals surface area contributed by atoms with Crippen molar-refractivity contribution in [2.75, 3.05) is 5.32 Å². The van der Waals surface area contributed by atoms with E-state index in [0.717, 1.165) is 24.3 Å². The zero-order valence-corrected chi connectivity index (χ0v) is 12.6. The lowest BCUT2D eigenvalue weighted by atomic mass is 10.0. The Kier molecular flexibility index (Phi) is 4.97. The van der Waals surface area contributed by atoms with Gasteiger partial charge in [-0.05, 0) is 42.5 Å². The first-order valence-electron chi connectivity index (χ1n) is 6.82. The standard InChI is InChI=1S/C16H9F6NO3/c17-15(18,19)10-5-9(6-11(7-10)16(20,21)22)13(24)23-12-3-1-8(2-4-12)14(25)26/h1-7H,(H,23,24)(H,25,26). The predicted octanol–water partition coefficient (Wildman–Crippen LogP) is 4.67. The molecule has 0 fully saturated rings. The maximum absolute atomic E-state index is 12.8. The highest BCUT2D eigenvalue weighted by atomic mass is 19.4. The summed E-state index contributed by atoms with van der Waals surface area (Å²) >= 11 is 0. The normalized spacial score (nSPS) is 11.9. The molecule has 0 aliphatic carbocycles.